The molecule has 23 heteroatoms. The van der Waals surface area contributed by atoms with Gasteiger partial charge in [-0.15, -0.1) is 0 Å². The Labute approximate surface area is 262 Å². The van der Waals surface area contributed by atoms with Crippen molar-refractivity contribution in [2.75, 3.05) is 24.7 Å². The highest BCUT2D eigenvalue weighted by Gasteiger charge is 2.52. The third-order valence-electron chi connectivity index (χ3n) is 7.62. The molecule has 3 fully saturated rings. The quantitative estimate of drug-likeness (QED) is 0.106. The number of H-pyrrole nitrogens is 1. The summed E-state index contributed by atoms with van der Waals surface area (Å²) >= 11 is 9.34. The molecule has 6 unspecified atom stereocenters. The molecule has 0 aliphatic carbocycles. The van der Waals surface area contributed by atoms with E-state index >= 15 is 0 Å². The second kappa shape index (κ2) is 11.3. The number of aliphatic hydroxyl groups is 2. The van der Waals surface area contributed by atoms with Gasteiger partial charge in [-0.25, -0.2) is 14.5 Å². The van der Waals surface area contributed by atoms with Gasteiger partial charge in [-0.1, -0.05) is 12.2 Å². The molecule has 3 saturated heterocycles. The van der Waals surface area contributed by atoms with E-state index in [2.05, 4.69) is 32.2 Å². The molecule has 7 rings (SSSR count). The van der Waals surface area contributed by atoms with Crippen LogP contribution in [-0.4, -0.2) is 94.0 Å². The maximum absolute atomic E-state index is 13.6. The van der Waals surface area contributed by atoms with Crippen molar-refractivity contribution in [3.63, 3.8) is 0 Å². The van der Waals surface area contributed by atoms with Crippen LogP contribution in [0.2, 0.25) is 0 Å². The van der Waals surface area contributed by atoms with Crippen LogP contribution in [0.15, 0.2) is 35.6 Å². The molecule has 19 nitrogen and oxygen atoms in total. The van der Waals surface area contributed by atoms with Crippen molar-refractivity contribution in [2.45, 2.75) is 49.1 Å². The number of aromatic amines is 1. The minimum absolute atomic E-state index is 0.0852. The van der Waals surface area contributed by atoms with Gasteiger partial charge in [-0.2, -0.15) is 4.98 Å². The van der Waals surface area contributed by atoms with Crippen LogP contribution in [0.25, 0.3) is 22.1 Å². The zero-order valence-corrected chi connectivity index (χ0v) is 26.2. The second-order valence-electron chi connectivity index (χ2n) is 10.4. The Bertz CT molecular complexity index is 1940. The zero-order chi connectivity index (χ0) is 31.8. The Morgan fingerprint density at radius 1 is 0.956 bits per heavy atom. The molecule has 3 aliphatic heterocycles. The number of fused-ring (bicyclic) bond motifs is 5. The first-order valence-electron chi connectivity index (χ1n) is 13.2. The van der Waals surface area contributed by atoms with Gasteiger partial charge in [0.1, 0.15) is 54.4 Å². The summed E-state index contributed by atoms with van der Waals surface area (Å²) < 4.78 is 51.0. The number of rotatable bonds is 2. The summed E-state index contributed by atoms with van der Waals surface area (Å²) in [5.74, 6) is 0.0272. The molecule has 0 spiro atoms. The summed E-state index contributed by atoms with van der Waals surface area (Å²) in [6, 6.07) is 3.08. The second-order valence-corrected chi connectivity index (χ2v) is 16.1. The highest BCUT2D eigenvalue weighted by Crippen LogP contribution is 2.58. The maximum atomic E-state index is 13.6. The summed E-state index contributed by atoms with van der Waals surface area (Å²) in [5.41, 5.74) is 11.6. The van der Waals surface area contributed by atoms with Crippen molar-refractivity contribution in [1.29, 1.82) is 0 Å². The van der Waals surface area contributed by atoms with Crippen LogP contribution in [0.5, 0.6) is 0 Å². The first-order valence-corrected chi connectivity index (χ1v) is 18.5. The van der Waals surface area contributed by atoms with E-state index in [1.807, 2.05) is 0 Å². The molecule has 2 bridgehead atoms. The molecule has 4 aromatic rings. The average molecular weight is 705 g/mol. The van der Waals surface area contributed by atoms with Crippen molar-refractivity contribution in [3.8, 4) is 0 Å². The molecular formula is C22H26N8O11P2S2. The number of aliphatic hydroxyl groups excluding tert-OH is 2. The van der Waals surface area contributed by atoms with E-state index < -0.39 is 81.4 Å². The molecule has 7 heterocycles. The van der Waals surface area contributed by atoms with Crippen LogP contribution in [0, 0.1) is 0 Å². The van der Waals surface area contributed by atoms with Gasteiger partial charge in [0.25, 0.3) is 5.56 Å². The summed E-state index contributed by atoms with van der Waals surface area (Å²) in [6.45, 7) is -9.55. The molecule has 4 aromatic heterocycles. The summed E-state index contributed by atoms with van der Waals surface area (Å²) in [7, 11) is 0. The number of nitrogens with one attached hydrogen (secondary N) is 1. The fraction of sp³-hybridized carbons (Fsp3) is 0.455. The SMILES string of the molecule is Nc1nc2c(ccn2[C@@H]2O[C@@H]3COP(O)(=S)OC4C(O)[C@H](n5ccc6c(N)ncnc65)O[C@@H]4COP(=O)(S)OC2C3O)c(=O)[nH]1. The molecule has 0 amide bonds. The number of nitrogen functional groups attached to an aromatic ring is 2. The number of nitrogens with zero attached hydrogens (tertiary/aromatic N) is 5. The van der Waals surface area contributed by atoms with E-state index in [0.29, 0.717) is 11.0 Å². The van der Waals surface area contributed by atoms with E-state index in [4.69, 9.17) is 50.8 Å². The molecule has 3 aliphatic rings. The average Bonchev–Trinajstić information content (AvgIpc) is 3.72. The van der Waals surface area contributed by atoms with Crippen LogP contribution in [-0.2, 0) is 43.9 Å². The largest absolute Gasteiger partial charge is 0.387 e. The van der Waals surface area contributed by atoms with Crippen LogP contribution >= 0.6 is 25.8 Å². The fourth-order valence-electron chi connectivity index (χ4n) is 5.57. The Hall–Kier alpha value is -2.49. The smallest absolute Gasteiger partial charge is 0.386 e. The van der Waals surface area contributed by atoms with E-state index in [0.717, 1.165) is 0 Å². The van der Waals surface area contributed by atoms with E-state index in [1.165, 1.54) is 27.7 Å². The standard InChI is InChI=1S/C22H26N8O11P2S2/c23-16-8-1-3-29(17(8)26-7-25-16)20-13(32)14-11(39-20)6-37-43(35,45)41-15-12(31)10(5-36-42(34,44)40-14)38-21(15)30-4-2-9-18(30)27-22(24)28-19(9)33/h1-4,7,10-15,20-21,31-32H,5-6H2,(H,34,44)(H,35,45)(H2,23,25,26)(H3,24,27,28,33)/t10-,11-,12?,13?,14?,15?,20-,21-,42?,43?/m1/s1. The van der Waals surface area contributed by atoms with Gasteiger partial charge in [0, 0.05) is 12.4 Å². The number of ether oxygens (including phenoxy) is 2. The molecule has 0 radical (unpaired) electrons. The van der Waals surface area contributed by atoms with E-state index in [9.17, 15) is 24.5 Å². The zero-order valence-electron chi connectivity index (χ0n) is 22.7. The Balaban J connectivity index is 1.21. The Morgan fingerprint density at radius 3 is 2.42 bits per heavy atom. The lowest BCUT2D eigenvalue weighted by Gasteiger charge is -2.27. The molecule has 8 N–H and O–H groups in total. The third-order valence-corrected chi connectivity index (χ3v) is 10.8. The Kier molecular flexibility index (Phi) is 7.84. The first-order chi connectivity index (χ1) is 21.3. The monoisotopic (exact) mass is 704 g/mol. The van der Waals surface area contributed by atoms with Crippen LogP contribution in [0.4, 0.5) is 11.8 Å². The highest BCUT2D eigenvalue weighted by atomic mass is 32.7. The molecule has 0 aromatic carbocycles. The molecule has 0 saturated carbocycles. The number of anilines is 2. The van der Waals surface area contributed by atoms with Crippen molar-refractivity contribution >= 4 is 71.4 Å². The molecular weight excluding hydrogens is 678 g/mol. The van der Waals surface area contributed by atoms with Gasteiger partial charge in [-0.05, 0) is 23.9 Å². The summed E-state index contributed by atoms with van der Waals surface area (Å²) in [5, 5.41) is 23.1. The first kappa shape index (κ1) is 31.1. The van der Waals surface area contributed by atoms with Gasteiger partial charge in [0.15, 0.2) is 18.1 Å². The lowest BCUT2D eigenvalue weighted by molar-refractivity contribution is -0.0586. The molecule has 242 valence electrons. The lowest BCUT2D eigenvalue weighted by atomic mass is 10.1. The van der Waals surface area contributed by atoms with Gasteiger partial charge >= 0.3 is 13.5 Å². The highest BCUT2D eigenvalue weighted by molar-refractivity contribution is 8.44. The van der Waals surface area contributed by atoms with E-state index in [1.54, 1.807) is 12.3 Å². The number of aromatic nitrogens is 6. The van der Waals surface area contributed by atoms with Crippen molar-refractivity contribution in [2.24, 2.45) is 0 Å². The predicted molar refractivity (Wildman–Crippen MR) is 161 cm³/mol. The Morgan fingerprint density at radius 2 is 1.64 bits per heavy atom. The van der Waals surface area contributed by atoms with Gasteiger partial charge < -0.3 is 49.7 Å². The van der Waals surface area contributed by atoms with Crippen molar-refractivity contribution in [1.82, 2.24) is 29.1 Å². The number of thiol groups is 1. The summed E-state index contributed by atoms with van der Waals surface area (Å²) in [4.78, 5) is 38.1. The van der Waals surface area contributed by atoms with Crippen molar-refractivity contribution in [3.05, 3.63) is 41.2 Å². The topological polar surface area (TPSA) is 267 Å². The van der Waals surface area contributed by atoms with Gasteiger partial charge in [0.05, 0.1) is 24.0 Å². The predicted octanol–water partition coefficient (Wildman–Crippen LogP) is -0.0776. The van der Waals surface area contributed by atoms with Gasteiger partial charge in [0.2, 0.25) is 5.95 Å². The maximum Gasteiger partial charge on any atom is 0.386 e. The molecule has 45 heavy (non-hydrogen) atoms. The normalized spacial score (nSPS) is 37.7. The number of hydrogen-bond acceptors (Lipinski definition) is 16. The minimum atomic E-state index is -4.33. The number of hydrogen-bond donors (Lipinski definition) is 7. The lowest BCUT2D eigenvalue weighted by Crippen LogP contribution is -2.36. The van der Waals surface area contributed by atoms with Crippen LogP contribution in [0.1, 0.15) is 12.5 Å². The van der Waals surface area contributed by atoms with Crippen LogP contribution in [0.3, 0.4) is 0 Å². The minimum Gasteiger partial charge on any atom is -0.387 e. The molecule has 10 atom stereocenters. The number of nitrogens with two attached hydrogens (primary N) is 2. The third kappa shape index (κ3) is 5.61. The fourth-order valence-corrected chi connectivity index (χ4v) is 8.48. The van der Waals surface area contributed by atoms with Crippen LogP contribution < -0.4 is 17.0 Å². The van der Waals surface area contributed by atoms with Gasteiger partial charge in [-0.3, -0.25) is 23.3 Å². The van der Waals surface area contributed by atoms with Crippen molar-refractivity contribution < 1.29 is 47.2 Å². The summed E-state index contributed by atoms with van der Waals surface area (Å²) in [6.07, 6.45) is -6.33. The van der Waals surface area contributed by atoms with E-state index in [-0.39, 0.29) is 22.8 Å².